The summed E-state index contributed by atoms with van der Waals surface area (Å²) >= 11 is 0. The zero-order chi connectivity index (χ0) is 11.1. The van der Waals surface area contributed by atoms with Crippen LogP contribution in [0.4, 0.5) is 0 Å². The number of rotatable bonds is 5. The van der Waals surface area contributed by atoms with Gasteiger partial charge in [0.2, 0.25) is 5.91 Å². The van der Waals surface area contributed by atoms with Crippen LogP contribution >= 0.6 is 0 Å². The first-order chi connectivity index (χ1) is 7.24. The van der Waals surface area contributed by atoms with E-state index in [1.807, 2.05) is 0 Å². The maximum absolute atomic E-state index is 11.7. The van der Waals surface area contributed by atoms with Gasteiger partial charge in [0, 0.05) is 19.1 Å². The first-order valence-electron chi connectivity index (χ1n) is 5.81. The zero-order valence-electron chi connectivity index (χ0n) is 9.54. The van der Waals surface area contributed by atoms with Gasteiger partial charge >= 0.3 is 0 Å². The van der Waals surface area contributed by atoms with E-state index in [0.29, 0.717) is 6.54 Å². The summed E-state index contributed by atoms with van der Waals surface area (Å²) in [5.74, 6) is 0.399. The molecule has 4 heteroatoms. The number of hydrogen-bond donors (Lipinski definition) is 2. The second-order valence-corrected chi connectivity index (χ2v) is 4.30. The van der Waals surface area contributed by atoms with Crippen molar-refractivity contribution in [2.45, 2.75) is 25.7 Å². The Labute approximate surface area is 91.6 Å². The van der Waals surface area contributed by atoms with Crippen LogP contribution in [0.2, 0.25) is 0 Å². The van der Waals surface area contributed by atoms with Gasteiger partial charge in [-0.1, -0.05) is 0 Å². The van der Waals surface area contributed by atoms with Crippen LogP contribution < -0.4 is 5.32 Å². The van der Waals surface area contributed by atoms with Crippen LogP contribution in [0.1, 0.15) is 25.7 Å². The number of nitrogens with one attached hydrogen (secondary N) is 1. The molecule has 0 aromatic heterocycles. The smallest absolute Gasteiger partial charge is 0.223 e. The number of carbonyl (C=O) groups excluding carboxylic acids is 1. The van der Waals surface area contributed by atoms with Crippen molar-refractivity contribution >= 4 is 5.91 Å². The number of carbonyl (C=O) groups is 1. The molecule has 1 fully saturated rings. The number of hydrogen-bond acceptors (Lipinski definition) is 3. The second-order valence-electron chi connectivity index (χ2n) is 4.30. The Kier molecular flexibility index (Phi) is 5.65. The average Bonchev–Trinajstić information content (AvgIpc) is 2.25. The van der Waals surface area contributed by atoms with Gasteiger partial charge in [-0.25, -0.2) is 0 Å². The highest BCUT2D eigenvalue weighted by molar-refractivity contribution is 5.78. The van der Waals surface area contributed by atoms with E-state index in [4.69, 9.17) is 5.11 Å². The minimum absolute atomic E-state index is 0.195. The standard InChI is InChI=1S/C11H22N2O2/c1-13-7-4-10(5-8-13)11(15)12-6-2-3-9-14/h10,14H,2-9H2,1H3,(H,12,15). The van der Waals surface area contributed by atoms with Crippen LogP contribution in [-0.2, 0) is 4.79 Å². The summed E-state index contributed by atoms with van der Waals surface area (Å²) in [6.07, 6.45) is 3.59. The van der Waals surface area contributed by atoms with Gasteiger partial charge in [-0.2, -0.15) is 0 Å². The fourth-order valence-corrected chi connectivity index (χ4v) is 1.86. The van der Waals surface area contributed by atoms with Crippen molar-refractivity contribution < 1.29 is 9.90 Å². The second kappa shape index (κ2) is 6.80. The molecule has 88 valence electrons. The third-order valence-corrected chi connectivity index (χ3v) is 2.97. The van der Waals surface area contributed by atoms with E-state index in [1.165, 1.54) is 0 Å². The molecule has 0 unspecified atom stereocenters. The Morgan fingerprint density at radius 3 is 2.67 bits per heavy atom. The van der Waals surface area contributed by atoms with Crippen LogP contribution in [0.3, 0.4) is 0 Å². The lowest BCUT2D eigenvalue weighted by Gasteiger charge is -2.28. The molecule has 1 aliphatic heterocycles. The molecule has 1 saturated heterocycles. The highest BCUT2D eigenvalue weighted by atomic mass is 16.2. The molecule has 15 heavy (non-hydrogen) atoms. The Balaban J connectivity index is 2.11. The molecular formula is C11H22N2O2. The Morgan fingerprint density at radius 2 is 2.07 bits per heavy atom. The van der Waals surface area contributed by atoms with Gasteiger partial charge in [0.25, 0.3) is 0 Å². The maximum atomic E-state index is 11.7. The number of likely N-dealkylation sites (tertiary alicyclic amines) is 1. The van der Waals surface area contributed by atoms with Gasteiger partial charge in [0.05, 0.1) is 0 Å². The van der Waals surface area contributed by atoms with Gasteiger partial charge in [0.1, 0.15) is 0 Å². The van der Waals surface area contributed by atoms with E-state index < -0.39 is 0 Å². The lowest BCUT2D eigenvalue weighted by molar-refractivity contribution is -0.126. The highest BCUT2D eigenvalue weighted by Crippen LogP contribution is 2.15. The number of piperidine rings is 1. The molecule has 1 heterocycles. The monoisotopic (exact) mass is 214 g/mol. The van der Waals surface area contributed by atoms with Crippen molar-refractivity contribution in [3.8, 4) is 0 Å². The van der Waals surface area contributed by atoms with E-state index in [0.717, 1.165) is 38.8 Å². The lowest BCUT2D eigenvalue weighted by atomic mass is 9.96. The predicted octanol–water partition coefficient (Wildman–Crippen LogP) is 0.217. The number of amides is 1. The topological polar surface area (TPSA) is 52.6 Å². The summed E-state index contributed by atoms with van der Waals surface area (Å²) < 4.78 is 0. The molecule has 0 aliphatic carbocycles. The number of aliphatic hydroxyl groups is 1. The van der Waals surface area contributed by atoms with Crippen LogP contribution in [0, 0.1) is 5.92 Å². The fraction of sp³-hybridized carbons (Fsp3) is 0.909. The van der Waals surface area contributed by atoms with E-state index in [2.05, 4.69) is 17.3 Å². The quantitative estimate of drug-likeness (QED) is 0.644. The number of nitrogens with zero attached hydrogens (tertiary/aromatic N) is 1. The highest BCUT2D eigenvalue weighted by Gasteiger charge is 2.22. The summed E-state index contributed by atoms with van der Waals surface area (Å²) in [7, 11) is 2.09. The van der Waals surface area contributed by atoms with Crippen LogP contribution in [-0.4, -0.2) is 49.2 Å². The molecule has 2 N–H and O–H groups in total. The Morgan fingerprint density at radius 1 is 1.40 bits per heavy atom. The Bertz CT molecular complexity index is 189. The van der Waals surface area contributed by atoms with Gasteiger partial charge < -0.3 is 15.3 Å². The van der Waals surface area contributed by atoms with Gasteiger partial charge in [-0.05, 0) is 45.8 Å². The minimum atomic E-state index is 0.195. The van der Waals surface area contributed by atoms with Crippen molar-refractivity contribution in [2.24, 2.45) is 5.92 Å². The first kappa shape index (κ1) is 12.5. The first-order valence-corrected chi connectivity index (χ1v) is 5.81. The maximum Gasteiger partial charge on any atom is 0.223 e. The van der Waals surface area contributed by atoms with Crippen molar-refractivity contribution in [1.82, 2.24) is 10.2 Å². The largest absolute Gasteiger partial charge is 0.396 e. The van der Waals surface area contributed by atoms with Crippen LogP contribution in [0.25, 0.3) is 0 Å². The average molecular weight is 214 g/mol. The summed E-state index contributed by atoms with van der Waals surface area (Å²) in [4.78, 5) is 13.9. The molecule has 1 amide bonds. The molecule has 4 nitrogen and oxygen atoms in total. The molecule has 1 aliphatic rings. The third-order valence-electron chi connectivity index (χ3n) is 2.97. The lowest BCUT2D eigenvalue weighted by Crippen LogP contribution is -2.39. The van der Waals surface area contributed by atoms with Crippen LogP contribution in [0.5, 0.6) is 0 Å². The number of unbranched alkanes of at least 4 members (excludes halogenated alkanes) is 1. The molecular weight excluding hydrogens is 192 g/mol. The van der Waals surface area contributed by atoms with E-state index in [-0.39, 0.29) is 18.4 Å². The zero-order valence-corrected chi connectivity index (χ0v) is 9.54. The van der Waals surface area contributed by atoms with Crippen molar-refractivity contribution in [3.63, 3.8) is 0 Å². The van der Waals surface area contributed by atoms with Crippen LogP contribution in [0.15, 0.2) is 0 Å². The van der Waals surface area contributed by atoms with Gasteiger partial charge in [-0.3, -0.25) is 4.79 Å². The van der Waals surface area contributed by atoms with Gasteiger partial charge in [0.15, 0.2) is 0 Å². The third kappa shape index (κ3) is 4.62. The van der Waals surface area contributed by atoms with E-state index >= 15 is 0 Å². The molecule has 0 spiro atoms. The van der Waals surface area contributed by atoms with E-state index in [9.17, 15) is 4.79 Å². The molecule has 0 atom stereocenters. The molecule has 1 rings (SSSR count). The predicted molar refractivity (Wildman–Crippen MR) is 59.6 cm³/mol. The Hall–Kier alpha value is -0.610. The van der Waals surface area contributed by atoms with Crippen molar-refractivity contribution in [3.05, 3.63) is 0 Å². The molecule has 0 saturated carbocycles. The summed E-state index contributed by atoms with van der Waals surface area (Å²) in [6.45, 7) is 2.96. The van der Waals surface area contributed by atoms with Crippen molar-refractivity contribution in [1.29, 1.82) is 0 Å². The van der Waals surface area contributed by atoms with Crippen molar-refractivity contribution in [2.75, 3.05) is 33.3 Å². The number of aliphatic hydroxyl groups excluding tert-OH is 1. The molecule has 0 aromatic carbocycles. The molecule has 0 radical (unpaired) electrons. The molecule has 0 aromatic rings. The summed E-state index contributed by atoms with van der Waals surface area (Å²) in [5, 5.41) is 11.5. The SMILES string of the molecule is CN1CCC(C(=O)NCCCCO)CC1. The van der Waals surface area contributed by atoms with E-state index in [1.54, 1.807) is 0 Å². The normalized spacial score (nSPS) is 19.1. The molecule has 0 bridgehead atoms. The minimum Gasteiger partial charge on any atom is -0.396 e. The summed E-state index contributed by atoms with van der Waals surface area (Å²) in [5.41, 5.74) is 0. The fourth-order valence-electron chi connectivity index (χ4n) is 1.86. The van der Waals surface area contributed by atoms with Gasteiger partial charge in [-0.15, -0.1) is 0 Å². The summed E-state index contributed by atoms with van der Waals surface area (Å²) in [6, 6.07) is 0.